The zero-order chi connectivity index (χ0) is 12.3. The SMILES string of the molecule is CCOC(=O)c1c(I)cnc(F)c1C(F)F. The van der Waals surface area contributed by atoms with Crippen LogP contribution in [0, 0.1) is 9.52 Å². The second kappa shape index (κ2) is 5.46. The highest BCUT2D eigenvalue weighted by Gasteiger charge is 2.27. The number of nitrogens with zero attached hydrogens (tertiary/aromatic N) is 1. The highest BCUT2D eigenvalue weighted by molar-refractivity contribution is 14.1. The van der Waals surface area contributed by atoms with E-state index in [2.05, 4.69) is 9.72 Å². The van der Waals surface area contributed by atoms with Crippen molar-refractivity contribution < 1.29 is 22.7 Å². The highest BCUT2D eigenvalue weighted by Crippen LogP contribution is 2.28. The molecule has 0 saturated carbocycles. The number of alkyl halides is 2. The summed E-state index contributed by atoms with van der Waals surface area (Å²) in [5, 5.41) is 0. The molecule has 1 aromatic rings. The third-order valence-electron chi connectivity index (χ3n) is 1.72. The normalized spacial score (nSPS) is 10.6. The van der Waals surface area contributed by atoms with Crippen LogP contribution in [0.15, 0.2) is 6.20 Å². The number of ether oxygens (including phenoxy) is 1. The molecule has 0 spiro atoms. The molecule has 7 heteroatoms. The van der Waals surface area contributed by atoms with Gasteiger partial charge in [0.05, 0.1) is 17.7 Å². The van der Waals surface area contributed by atoms with Crippen molar-refractivity contribution >= 4 is 28.6 Å². The summed E-state index contributed by atoms with van der Waals surface area (Å²) in [4.78, 5) is 14.5. The van der Waals surface area contributed by atoms with Gasteiger partial charge in [0.15, 0.2) is 0 Å². The number of hydrogen-bond acceptors (Lipinski definition) is 3. The molecule has 16 heavy (non-hydrogen) atoms. The molecule has 0 bridgehead atoms. The molecule has 3 nitrogen and oxygen atoms in total. The quantitative estimate of drug-likeness (QED) is 0.480. The van der Waals surface area contributed by atoms with Crippen molar-refractivity contribution in [1.82, 2.24) is 4.98 Å². The van der Waals surface area contributed by atoms with E-state index in [9.17, 15) is 18.0 Å². The minimum Gasteiger partial charge on any atom is -0.462 e. The van der Waals surface area contributed by atoms with Gasteiger partial charge in [-0.2, -0.15) is 4.39 Å². The van der Waals surface area contributed by atoms with Gasteiger partial charge in [0, 0.05) is 9.77 Å². The first-order valence-corrected chi connectivity index (χ1v) is 5.36. The van der Waals surface area contributed by atoms with Crippen LogP contribution in [-0.2, 0) is 4.74 Å². The number of carbonyl (C=O) groups is 1. The molecular weight excluding hydrogens is 338 g/mol. The number of rotatable bonds is 3. The molecule has 0 saturated heterocycles. The number of halogens is 4. The maximum Gasteiger partial charge on any atom is 0.339 e. The van der Waals surface area contributed by atoms with Crippen LogP contribution in [0.4, 0.5) is 13.2 Å². The van der Waals surface area contributed by atoms with E-state index < -0.39 is 29.5 Å². The second-order valence-electron chi connectivity index (χ2n) is 2.71. The Morgan fingerprint density at radius 1 is 1.62 bits per heavy atom. The van der Waals surface area contributed by atoms with E-state index in [0.717, 1.165) is 6.20 Å². The van der Waals surface area contributed by atoms with E-state index in [0.29, 0.717) is 0 Å². The first-order chi connectivity index (χ1) is 7.49. The van der Waals surface area contributed by atoms with E-state index in [-0.39, 0.29) is 10.2 Å². The van der Waals surface area contributed by atoms with Gasteiger partial charge in [0.2, 0.25) is 5.95 Å². The number of esters is 1. The van der Waals surface area contributed by atoms with Crippen LogP contribution in [0.25, 0.3) is 0 Å². The first-order valence-electron chi connectivity index (χ1n) is 4.28. The molecule has 0 aliphatic heterocycles. The molecule has 88 valence electrons. The Morgan fingerprint density at radius 3 is 2.75 bits per heavy atom. The van der Waals surface area contributed by atoms with Gasteiger partial charge >= 0.3 is 5.97 Å². The summed E-state index contributed by atoms with van der Waals surface area (Å²) >= 11 is 1.63. The van der Waals surface area contributed by atoms with Gasteiger partial charge in [-0.1, -0.05) is 0 Å². The molecule has 0 atom stereocenters. The number of pyridine rings is 1. The van der Waals surface area contributed by atoms with Crippen LogP contribution in [0.5, 0.6) is 0 Å². The molecule has 0 aromatic carbocycles. The molecule has 1 aromatic heterocycles. The fourth-order valence-corrected chi connectivity index (χ4v) is 1.74. The van der Waals surface area contributed by atoms with Crippen molar-refractivity contribution in [1.29, 1.82) is 0 Å². The van der Waals surface area contributed by atoms with Crippen molar-refractivity contribution in [2.45, 2.75) is 13.3 Å². The fraction of sp³-hybridized carbons (Fsp3) is 0.333. The summed E-state index contributed by atoms with van der Waals surface area (Å²) in [7, 11) is 0. The van der Waals surface area contributed by atoms with Crippen molar-refractivity contribution in [2.24, 2.45) is 0 Å². The standard InChI is InChI=1S/C9H7F3INO2/c1-2-16-9(15)5-4(13)3-14-8(12)6(5)7(10)11/h3,7H,2H2,1H3. The third-order valence-corrected chi connectivity index (χ3v) is 2.54. The van der Waals surface area contributed by atoms with Gasteiger partial charge in [0.25, 0.3) is 6.43 Å². The van der Waals surface area contributed by atoms with Gasteiger partial charge in [0.1, 0.15) is 0 Å². The highest BCUT2D eigenvalue weighted by atomic mass is 127. The Hall–Kier alpha value is -0.860. The van der Waals surface area contributed by atoms with Gasteiger partial charge in [-0.3, -0.25) is 0 Å². The molecule has 0 unspecified atom stereocenters. The lowest BCUT2D eigenvalue weighted by Gasteiger charge is -2.10. The number of carbonyl (C=O) groups excluding carboxylic acids is 1. The summed E-state index contributed by atoms with van der Waals surface area (Å²) in [6, 6.07) is 0. The Bertz CT molecular complexity index is 412. The zero-order valence-electron chi connectivity index (χ0n) is 8.14. The average molecular weight is 345 g/mol. The predicted molar refractivity (Wildman–Crippen MR) is 57.8 cm³/mol. The molecule has 1 rings (SSSR count). The maximum absolute atomic E-state index is 13.1. The molecule has 0 aliphatic carbocycles. The topological polar surface area (TPSA) is 39.2 Å². The molecule has 0 fully saturated rings. The number of hydrogen-bond donors (Lipinski definition) is 0. The average Bonchev–Trinajstić information content (AvgIpc) is 2.20. The van der Waals surface area contributed by atoms with Crippen LogP contribution in [0.2, 0.25) is 0 Å². The van der Waals surface area contributed by atoms with E-state index in [1.54, 1.807) is 22.6 Å². The Balaban J connectivity index is 3.34. The summed E-state index contributed by atoms with van der Waals surface area (Å²) in [6.07, 6.45) is -2.10. The Kier molecular flexibility index (Phi) is 4.51. The van der Waals surface area contributed by atoms with Crippen molar-refractivity contribution in [3.63, 3.8) is 0 Å². The van der Waals surface area contributed by atoms with E-state index in [1.165, 1.54) is 6.92 Å². The van der Waals surface area contributed by atoms with Crippen molar-refractivity contribution in [3.8, 4) is 0 Å². The minimum atomic E-state index is -3.11. The molecule has 0 amide bonds. The van der Waals surface area contributed by atoms with Gasteiger partial charge in [-0.15, -0.1) is 0 Å². The van der Waals surface area contributed by atoms with Gasteiger partial charge in [-0.25, -0.2) is 18.6 Å². The van der Waals surface area contributed by atoms with Crippen LogP contribution in [0.3, 0.4) is 0 Å². The molecular formula is C9H7F3INO2. The second-order valence-corrected chi connectivity index (χ2v) is 3.87. The van der Waals surface area contributed by atoms with Crippen molar-refractivity contribution in [2.75, 3.05) is 6.61 Å². The largest absolute Gasteiger partial charge is 0.462 e. The minimum absolute atomic E-state index is 0.0293. The van der Waals surface area contributed by atoms with Crippen molar-refractivity contribution in [3.05, 3.63) is 26.8 Å². The van der Waals surface area contributed by atoms with Gasteiger partial charge < -0.3 is 4.74 Å². The smallest absolute Gasteiger partial charge is 0.339 e. The lowest BCUT2D eigenvalue weighted by atomic mass is 10.1. The Morgan fingerprint density at radius 2 is 2.25 bits per heavy atom. The zero-order valence-corrected chi connectivity index (χ0v) is 10.3. The van der Waals surface area contributed by atoms with Crippen LogP contribution < -0.4 is 0 Å². The first kappa shape index (κ1) is 13.2. The maximum atomic E-state index is 13.1. The van der Waals surface area contributed by atoms with Crippen LogP contribution >= 0.6 is 22.6 Å². The van der Waals surface area contributed by atoms with Crippen LogP contribution in [0.1, 0.15) is 29.3 Å². The lowest BCUT2D eigenvalue weighted by molar-refractivity contribution is 0.0511. The molecule has 0 N–H and O–H groups in total. The summed E-state index contributed by atoms with van der Waals surface area (Å²) in [6.45, 7) is 1.56. The monoisotopic (exact) mass is 345 g/mol. The summed E-state index contributed by atoms with van der Waals surface area (Å²) < 4.78 is 43.0. The summed E-state index contributed by atoms with van der Waals surface area (Å²) in [5.74, 6) is -2.32. The van der Waals surface area contributed by atoms with E-state index >= 15 is 0 Å². The molecule has 0 radical (unpaired) electrons. The molecule has 1 heterocycles. The Labute approximate surface area is 103 Å². The van der Waals surface area contributed by atoms with Gasteiger partial charge in [-0.05, 0) is 29.5 Å². The fourth-order valence-electron chi connectivity index (χ4n) is 1.09. The summed E-state index contributed by atoms with van der Waals surface area (Å²) in [5.41, 5.74) is -1.46. The van der Waals surface area contributed by atoms with E-state index in [4.69, 9.17) is 0 Å². The van der Waals surface area contributed by atoms with E-state index in [1.807, 2.05) is 0 Å². The predicted octanol–water partition coefficient (Wildman–Crippen LogP) is 2.94. The third kappa shape index (κ3) is 2.63. The lowest BCUT2D eigenvalue weighted by Crippen LogP contribution is -2.13. The molecule has 0 aliphatic rings. The number of aromatic nitrogens is 1. The van der Waals surface area contributed by atoms with Crippen LogP contribution in [-0.4, -0.2) is 17.6 Å².